The Balaban J connectivity index is 1.32. The van der Waals surface area contributed by atoms with Crippen LogP contribution in [0.3, 0.4) is 0 Å². The Hall–Kier alpha value is -3.39. The highest BCUT2D eigenvalue weighted by atomic mass is 16.5. The third-order valence-electron chi connectivity index (χ3n) is 7.11. The van der Waals surface area contributed by atoms with E-state index in [2.05, 4.69) is 65.4 Å². The fourth-order valence-corrected chi connectivity index (χ4v) is 5.20. The van der Waals surface area contributed by atoms with Crippen LogP contribution in [0.25, 0.3) is 11.4 Å². The number of nitrogens with one attached hydrogen (secondary N) is 1. The second kappa shape index (κ2) is 11.8. The van der Waals surface area contributed by atoms with Gasteiger partial charge in [-0.3, -0.25) is 9.69 Å². The largest absolute Gasteiger partial charge is 0.493 e. The zero-order valence-corrected chi connectivity index (χ0v) is 22.5. The van der Waals surface area contributed by atoms with Crippen LogP contribution in [0.2, 0.25) is 0 Å². The first-order chi connectivity index (χ1) is 17.8. The van der Waals surface area contributed by atoms with Crippen LogP contribution < -0.4 is 14.8 Å². The van der Waals surface area contributed by atoms with Gasteiger partial charge < -0.3 is 19.3 Å². The zero-order valence-electron chi connectivity index (χ0n) is 22.5. The van der Waals surface area contributed by atoms with Gasteiger partial charge in [-0.25, -0.2) is 0 Å². The van der Waals surface area contributed by atoms with Gasteiger partial charge in [0, 0.05) is 18.2 Å². The Morgan fingerprint density at radius 1 is 1.16 bits per heavy atom. The number of hydrogen-bond acceptors (Lipinski definition) is 7. The molecular weight excluding hydrogens is 468 g/mol. The lowest BCUT2D eigenvalue weighted by Gasteiger charge is -2.33. The second-order valence-corrected chi connectivity index (χ2v) is 10.5. The fourth-order valence-electron chi connectivity index (χ4n) is 5.20. The van der Waals surface area contributed by atoms with Crippen molar-refractivity contribution in [1.29, 1.82) is 0 Å². The summed E-state index contributed by atoms with van der Waals surface area (Å²) in [5.41, 5.74) is 2.05. The molecule has 1 amide bonds. The Morgan fingerprint density at radius 3 is 2.65 bits per heavy atom. The average Bonchev–Trinajstić information content (AvgIpc) is 3.37. The summed E-state index contributed by atoms with van der Waals surface area (Å²) in [6.07, 6.45) is 2.72. The summed E-state index contributed by atoms with van der Waals surface area (Å²) in [6.45, 7) is 8.64. The van der Waals surface area contributed by atoms with Crippen molar-refractivity contribution < 1.29 is 18.8 Å². The lowest BCUT2D eigenvalue weighted by Crippen LogP contribution is -2.46. The maximum absolute atomic E-state index is 13.1. The van der Waals surface area contributed by atoms with E-state index in [9.17, 15) is 4.79 Å². The average molecular weight is 507 g/mol. The van der Waals surface area contributed by atoms with Crippen LogP contribution in [-0.2, 0) is 16.8 Å². The molecule has 2 heterocycles. The molecule has 1 saturated heterocycles. The van der Waals surface area contributed by atoms with Gasteiger partial charge in [0.2, 0.25) is 17.6 Å². The minimum Gasteiger partial charge on any atom is -0.493 e. The van der Waals surface area contributed by atoms with Gasteiger partial charge in [-0.05, 0) is 61.9 Å². The molecule has 8 nitrogen and oxygen atoms in total. The summed E-state index contributed by atoms with van der Waals surface area (Å²) in [4.78, 5) is 19.9. The summed E-state index contributed by atoms with van der Waals surface area (Å²) in [5, 5.41) is 7.41. The normalized spacial score (nSPS) is 17.3. The number of hydrogen-bond donors (Lipinski definition) is 1. The first kappa shape index (κ1) is 26.7. The van der Waals surface area contributed by atoms with Gasteiger partial charge in [-0.15, -0.1) is 0 Å². The minimum absolute atomic E-state index is 0.0177. The molecule has 0 aliphatic carbocycles. The predicted octanol–water partition coefficient (Wildman–Crippen LogP) is 4.84. The minimum atomic E-state index is -0.0516. The summed E-state index contributed by atoms with van der Waals surface area (Å²) in [6, 6.07) is 16.1. The molecule has 8 heteroatoms. The number of benzene rings is 2. The van der Waals surface area contributed by atoms with Crippen molar-refractivity contribution in [1.82, 2.24) is 20.4 Å². The van der Waals surface area contributed by atoms with Crippen LogP contribution in [0, 0.1) is 5.92 Å². The molecule has 37 heavy (non-hydrogen) atoms. The van der Waals surface area contributed by atoms with Crippen LogP contribution in [0.15, 0.2) is 53.1 Å². The monoisotopic (exact) mass is 506 g/mol. The topological polar surface area (TPSA) is 89.7 Å². The number of likely N-dealkylation sites (tertiary alicyclic amines) is 1. The van der Waals surface area contributed by atoms with Gasteiger partial charge >= 0.3 is 0 Å². The first-order valence-corrected chi connectivity index (χ1v) is 12.9. The van der Waals surface area contributed by atoms with Gasteiger partial charge in [-0.2, -0.15) is 4.98 Å². The lowest BCUT2D eigenvalue weighted by atomic mass is 9.79. The van der Waals surface area contributed by atoms with E-state index in [0.717, 1.165) is 31.4 Å². The molecule has 2 aromatic carbocycles. The third-order valence-corrected chi connectivity index (χ3v) is 7.11. The van der Waals surface area contributed by atoms with Crippen LogP contribution in [0.1, 0.15) is 51.5 Å². The van der Waals surface area contributed by atoms with Crippen LogP contribution in [0.4, 0.5) is 0 Å². The van der Waals surface area contributed by atoms with Crippen molar-refractivity contribution in [2.45, 2.75) is 58.0 Å². The zero-order chi connectivity index (χ0) is 26.4. The number of methoxy groups -OCH3 is 2. The van der Waals surface area contributed by atoms with E-state index in [1.54, 1.807) is 14.2 Å². The summed E-state index contributed by atoms with van der Waals surface area (Å²) < 4.78 is 16.2. The first-order valence-electron chi connectivity index (χ1n) is 12.9. The van der Waals surface area contributed by atoms with E-state index in [1.165, 1.54) is 5.56 Å². The maximum atomic E-state index is 13.1. The van der Waals surface area contributed by atoms with Gasteiger partial charge in [0.15, 0.2) is 11.5 Å². The van der Waals surface area contributed by atoms with Gasteiger partial charge in [0.25, 0.3) is 0 Å². The van der Waals surface area contributed by atoms with Crippen molar-refractivity contribution >= 4 is 5.91 Å². The smallest absolute Gasteiger partial charge is 0.241 e. The van der Waals surface area contributed by atoms with Gasteiger partial charge in [0.1, 0.15) is 0 Å². The number of nitrogens with zero attached hydrogens (tertiary/aromatic N) is 3. The van der Waals surface area contributed by atoms with Crippen molar-refractivity contribution in [2.75, 3.05) is 27.3 Å². The Morgan fingerprint density at radius 2 is 1.92 bits per heavy atom. The molecule has 1 aliphatic heterocycles. The van der Waals surface area contributed by atoms with E-state index in [0.29, 0.717) is 36.3 Å². The van der Waals surface area contributed by atoms with E-state index in [-0.39, 0.29) is 23.3 Å². The Labute approximate surface area is 219 Å². The molecule has 0 saturated carbocycles. The molecule has 2 atom stereocenters. The number of rotatable bonds is 10. The van der Waals surface area contributed by atoms with E-state index in [1.807, 2.05) is 24.3 Å². The molecule has 2 unspecified atom stereocenters. The number of carbonyl (C=O) groups excluding carboxylic acids is 1. The van der Waals surface area contributed by atoms with Gasteiger partial charge in [-0.1, -0.05) is 49.3 Å². The molecule has 1 aromatic heterocycles. The summed E-state index contributed by atoms with van der Waals surface area (Å²) >= 11 is 0. The quantitative estimate of drug-likeness (QED) is 0.421. The van der Waals surface area contributed by atoms with Crippen molar-refractivity contribution in [3.63, 3.8) is 0 Å². The van der Waals surface area contributed by atoms with Crippen LogP contribution in [0.5, 0.6) is 11.5 Å². The second-order valence-electron chi connectivity index (χ2n) is 10.5. The highest BCUT2D eigenvalue weighted by Crippen LogP contribution is 2.31. The number of carbonyl (C=O) groups is 1. The molecule has 0 radical (unpaired) electrons. The van der Waals surface area contributed by atoms with Crippen LogP contribution >= 0.6 is 0 Å². The SMILES string of the molecule is COc1ccc(-c2noc(CN3CCCC(C(=O)NC(C)CC(C)(C)c4ccccc4)C3)n2)cc1OC. The number of aromatic nitrogens is 2. The molecule has 3 aromatic rings. The Kier molecular flexibility index (Phi) is 8.48. The van der Waals surface area contributed by atoms with Crippen molar-refractivity contribution in [2.24, 2.45) is 5.92 Å². The molecule has 4 rings (SSSR count). The molecule has 0 spiro atoms. The number of amides is 1. The highest BCUT2D eigenvalue weighted by Gasteiger charge is 2.29. The summed E-state index contributed by atoms with van der Waals surface area (Å²) in [5.74, 6) is 2.35. The standard InChI is InChI=1S/C29H38N4O4/c1-20(17-29(2,3)23-11-7-6-8-12-23)30-28(34)22-10-9-15-33(18-22)19-26-31-27(32-37-26)21-13-14-24(35-4)25(16-21)36-5/h6-8,11-14,16,20,22H,9-10,15,17-19H2,1-5H3,(H,30,34). The predicted molar refractivity (Wildman–Crippen MR) is 143 cm³/mol. The molecule has 198 valence electrons. The summed E-state index contributed by atoms with van der Waals surface area (Å²) in [7, 11) is 3.19. The van der Waals surface area contributed by atoms with Crippen LogP contribution in [-0.4, -0.2) is 54.3 Å². The van der Waals surface area contributed by atoms with E-state index < -0.39 is 0 Å². The maximum Gasteiger partial charge on any atom is 0.241 e. The molecule has 1 aliphatic rings. The number of ether oxygens (including phenoxy) is 2. The van der Waals surface area contributed by atoms with Crippen molar-refractivity contribution in [3.8, 4) is 22.9 Å². The highest BCUT2D eigenvalue weighted by molar-refractivity contribution is 5.79. The fraction of sp³-hybridized carbons (Fsp3) is 0.483. The van der Waals surface area contributed by atoms with Gasteiger partial charge in [0.05, 0.1) is 26.7 Å². The lowest BCUT2D eigenvalue weighted by molar-refractivity contribution is -0.127. The van der Waals surface area contributed by atoms with Crippen molar-refractivity contribution in [3.05, 3.63) is 60.0 Å². The molecule has 0 bridgehead atoms. The Bertz CT molecular complexity index is 1180. The molecule has 1 fully saturated rings. The van der Waals surface area contributed by atoms with E-state index >= 15 is 0 Å². The van der Waals surface area contributed by atoms with E-state index in [4.69, 9.17) is 14.0 Å². The molecular formula is C29H38N4O4. The molecule has 1 N–H and O–H groups in total. The number of piperidine rings is 1. The third kappa shape index (κ3) is 6.68.